The average Bonchev–Trinajstić information content (AvgIpc) is 2.47. The highest BCUT2D eigenvalue weighted by Gasteiger charge is 2.27. The molecule has 0 aliphatic carbocycles. The number of nitrogens with zero attached hydrogens (tertiary/aromatic N) is 2. The number of nitriles is 1. The lowest BCUT2D eigenvalue weighted by Crippen LogP contribution is -2.41. The molecular weight excluding hydrogens is 274 g/mol. The lowest BCUT2D eigenvalue weighted by Gasteiger charge is -2.25. The number of nitro groups is 1. The first kappa shape index (κ1) is 16.7. The standard InChI is InChI=1S/C14H19N3O4/c1-10(8-14(2,9-15)16-3)21-13-6-5-11(20-4)7-12(13)17(18)19/h5-7,10,16H,8H2,1-4H3. The summed E-state index contributed by atoms with van der Waals surface area (Å²) in [5.41, 5.74) is -0.912. The molecule has 2 atom stereocenters. The third-order valence-electron chi connectivity index (χ3n) is 3.19. The summed E-state index contributed by atoms with van der Waals surface area (Å²) in [7, 11) is 3.12. The average molecular weight is 293 g/mol. The van der Waals surface area contributed by atoms with Crippen LogP contribution >= 0.6 is 0 Å². The Bertz CT molecular complexity index is 556. The molecule has 114 valence electrons. The van der Waals surface area contributed by atoms with E-state index in [1.54, 1.807) is 27.0 Å². The van der Waals surface area contributed by atoms with Gasteiger partial charge in [-0.05, 0) is 33.0 Å². The van der Waals surface area contributed by atoms with Gasteiger partial charge in [-0.2, -0.15) is 5.26 Å². The van der Waals surface area contributed by atoms with E-state index < -0.39 is 10.5 Å². The zero-order valence-electron chi connectivity index (χ0n) is 12.5. The lowest BCUT2D eigenvalue weighted by molar-refractivity contribution is -0.386. The van der Waals surface area contributed by atoms with Gasteiger partial charge >= 0.3 is 5.69 Å². The van der Waals surface area contributed by atoms with Crippen LogP contribution < -0.4 is 14.8 Å². The van der Waals surface area contributed by atoms with Crippen LogP contribution in [0, 0.1) is 21.4 Å². The first-order chi connectivity index (χ1) is 9.85. The maximum Gasteiger partial charge on any atom is 0.314 e. The van der Waals surface area contributed by atoms with Gasteiger partial charge in [0.25, 0.3) is 0 Å². The van der Waals surface area contributed by atoms with Crippen molar-refractivity contribution in [1.82, 2.24) is 5.32 Å². The molecule has 1 N–H and O–H groups in total. The summed E-state index contributed by atoms with van der Waals surface area (Å²) >= 11 is 0. The van der Waals surface area contributed by atoms with Crippen molar-refractivity contribution in [3.05, 3.63) is 28.3 Å². The van der Waals surface area contributed by atoms with Crippen molar-refractivity contribution in [3.8, 4) is 17.6 Å². The minimum atomic E-state index is -0.749. The van der Waals surface area contributed by atoms with E-state index in [1.807, 2.05) is 0 Å². The summed E-state index contributed by atoms with van der Waals surface area (Å²) in [5.74, 6) is 0.545. The van der Waals surface area contributed by atoms with Crippen LogP contribution in [0.15, 0.2) is 18.2 Å². The molecule has 1 rings (SSSR count). The molecule has 0 spiro atoms. The van der Waals surface area contributed by atoms with E-state index in [0.29, 0.717) is 12.2 Å². The Morgan fingerprint density at radius 2 is 2.24 bits per heavy atom. The van der Waals surface area contributed by atoms with E-state index in [-0.39, 0.29) is 17.5 Å². The maximum atomic E-state index is 11.1. The molecule has 21 heavy (non-hydrogen) atoms. The van der Waals surface area contributed by atoms with Crippen LogP contribution in [0.25, 0.3) is 0 Å². The molecule has 0 bridgehead atoms. The van der Waals surface area contributed by atoms with Crippen LogP contribution in [0.5, 0.6) is 11.5 Å². The molecule has 1 aromatic rings. The van der Waals surface area contributed by atoms with Crippen molar-refractivity contribution in [1.29, 1.82) is 5.26 Å². The molecule has 0 aliphatic heterocycles. The third-order valence-corrected chi connectivity index (χ3v) is 3.19. The summed E-state index contributed by atoms with van der Waals surface area (Å²) in [6.45, 7) is 3.51. The molecule has 0 aromatic heterocycles. The highest BCUT2D eigenvalue weighted by Crippen LogP contribution is 2.32. The monoisotopic (exact) mass is 293 g/mol. The second-order valence-electron chi connectivity index (χ2n) is 4.92. The van der Waals surface area contributed by atoms with Crippen molar-refractivity contribution >= 4 is 5.69 Å². The topological polar surface area (TPSA) is 97.4 Å². The SMILES string of the molecule is CNC(C)(C#N)CC(C)Oc1ccc(OC)cc1[N+](=O)[O-]. The number of nitro benzene ring substituents is 1. The molecule has 0 amide bonds. The van der Waals surface area contributed by atoms with Crippen LogP contribution in [-0.4, -0.2) is 30.7 Å². The Morgan fingerprint density at radius 3 is 2.71 bits per heavy atom. The van der Waals surface area contributed by atoms with Crippen molar-refractivity contribution in [3.63, 3.8) is 0 Å². The number of benzene rings is 1. The second kappa shape index (κ2) is 6.90. The normalized spacial score (nSPS) is 14.6. The molecule has 0 heterocycles. The Balaban J connectivity index is 2.93. The number of hydrogen-bond acceptors (Lipinski definition) is 6. The predicted octanol–water partition coefficient (Wildman–Crippen LogP) is 2.26. The number of rotatable bonds is 7. The Hall–Kier alpha value is -2.33. The van der Waals surface area contributed by atoms with Gasteiger partial charge in [-0.3, -0.25) is 10.1 Å². The fourth-order valence-corrected chi connectivity index (χ4v) is 1.90. The minimum Gasteiger partial charge on any atom is -0.496 e. The van der Waals surface area contributed by atoms with Gasteiger partial charge in [0.2, 0.25) is 0 Å². The van der Waals surface area contributed by atoms with E-state index in [1.165, 1.54) is 19.2 Å². The Labute approximate surface area is 123 Å². The predicted molar refractivity (Wildman–Crippen MR) is 77.4 cm³/mol. The van der Waals surface area contributed by atoms with Gasteiger partial charge in [-0.25, -0.2) is 0 Å². The van der Waals surface area contributed by atoms with E-state index in [0.717, 1.165) is 0 Å². The summed E-state index contributed by atoms with van der Waals surface area (Å²) in [6, 6.07) is 6.56. The van der Waals surface area contributed by atoms with Gasteiger partial charge in [0, 0.05) is 6.42 Å². The maximum absolute atomic E-state index is 11.1. The van der Waals surface area contributed by atoms with E-state index >= 15 is 0 Å². The van der Waals surface area contributed by atoms with Gasteiger partial charge < -0.3 is 14.8 Å². The Morgan fingerprint density at radius 1 is 1.57 bits per heavy atom. The molecule has 0 saturated heterocycles. The molecule has 0 saturated carbocycles. The van der Waals surface area contributed by atoms with Gasteiger partial charge in [0.1, 0.15) is 11.3 Å². The fraction of sp³-hybridized carbons (Fsp3) is 0.500. The smallest absolute Gasteiger partial charge is 0.314 e. The summed E-state index contributed by atoms with van der Waals surface area (Å²) in [5, 5.41) is 23.1. The van der Waals surface area contributed by atoms with Gasteiger partial charge in [-0.15, -0.1) is 0 Å². The van der Waals surface area contributed by atoms with E-state index in [9.17, 15) is 10.1 Å². The first-order valence-corrected chi connectivity index (χ1v) is 6.44. The molecular formula is C14H19N3O4. The van der Waals surface area contributed by atoms with Crippen molar-refractivity contribution in [2.45, 2.75) is 31.9 Å². The fourth-order valence-electron chi connectivity index (χ4n) is 1.90. The number of methoxy groups -OCH3 is 1. The van der Waals surface area contributed by atoms with Crippen molar-refractivity contribution < 1.29 is 14.4 Å². The molecule has 7 nitrogen and oxygen atoms in total. The van der Waals surface area contributed by atoms with Crippen LogP contribution in [-0.2, 0) is 0 Å². The zero-order chi connectivity index (χ0) is 16.0. The van der Waals surface area contributed by atoms with Gasteiger partial charge in [0.05, 0.1) is 30.3 Å². The minimum absolute atomic E-state index is 0.157. The van der Waals surface area contributed by atoms with Gasteiger partial charge in [0.15, 0.2) is 5.75 Å². The van der Waals surface area contributed by atoms with Crippen LogP contribution in [0.3, 0.4) is 0 Å². The van der Waals surface area contributed by atoms with Crippen LogP contribution in [0.4, 0.5) is 5.69 Å². The third kappa shape index (κ3) is 4.33. The highest BCUT2D eigenvalue weighted by atomic mass is 16.6. The van der Waals surface area contributed by atoms with E-state index in [4.69, 9.17) is 14.7 Å². The molecule has 2 unspecified atom stereocenters. The molecule has 0 fully saturated rings. The van der Waals surface area contributed by atoms with E-state index in [2.05, 4.69) is 11.4 Å². The quantitative estimate of drug-likeness (QED) is 0.611. The molecule has 7 heteroatoms. The summed E-state index contributed by atoms with van der Waals surface area (Å²) in [4.78, 5) is 10.6. The largest absolute Gasteiger partial charge is 0.496 e. The summed E-state index contributed by atoms with van der Waals surface area (Å²) < 4.78 is 10.6. The molecule has 0 aliphatic rings. The van der Waals surface area contributed by atoms with Gasteiger partial charge in [-0.1, -0.05) is 0 Å². The Kier molecular flexibility index (Phi) is 5.50. The summed E-state index contributed by atoms with van der Waals surface area (Å²) in [6.07, 6.45) is 0.0256. The van der Waals surface area contributed by atoms with Crippen molar-refractivity contribution in [2.75, 3.05) is 14.2 Å². The number of hydrogen-bond donors (Lipinski definition) is 1. The highest BCUT2D eigenvalue weighted by molar-refractivity contribution is 5.51. The number of nitrogens with one attached hydrogen (secondary N) is 1. The molecule has 0 radical (unpaired) electrons. The second-order valence-corrected chi connectivity index (χ2v) is 4.92. The lowest BCUT2D eigenvalue weighted by atomic mass is 9.97. The molecule has 1 aromatic carbocycles. The van der Waals surface area contributed by atoms with Crippen LogP contribution in [0.1, 0.15) is 20.3 Å². The zero-order valence-corrected chi connectivity index (χ0v) is 12.5. The van der Waals surface area contributed by atoms with Crippen LogP contribution in [0.2, 0.25) is 0 Å². The number of ether oxygens (including phenoxy) is 2. The first-order valence-electron chi connectivity index (χ1n) is 6.44. The van der Waals surface area contributed by atoms with Crippen molar-refractivity contribution in [2.24, 2.45) is 0 Å².